The van der Waals surface area contributed by atoms with Crippen molar-refractivity contribution in [2.45, 2.75) is 4.90 Å². The van der Waals surface area contributed by atoms with E-state index in [0.29, 0.717) is 0 Å². The van der Waals surface area contributed by atoms with Crippen LogP contribution >= 0.6 is 11.8 Å². The third-order valence-electron chi connectivity index (χ3n) is 4.88. The standard InChI is InChI=1S/C23H16S/c1-24-21-8-3-2-7-20(21)19-13-17-11-9-15-5-4-6-16-10-12-18(14-19)23(17)22(15)16/h2-14H,1H3. The van der Waals surface area contributed by atoms with Crippen LogP contribution in [-0.2, 0) is 0 Å². The van der Waals surface area contributed by atoms with E-state index in [1.165, 1.54) is 48.3 Å². The van der Waals surface area contributed by atoms with Gasteiger partial charge in [-0.05, 0) is 67.9 Å². The molecule has 0 aliphatic carbocycles. The normalized spacial score (nSPS) is 11.7. The predicted molar refractivity (Wildman–Crippen MR) is 107 cm³/mol. The molecule has 0 heterocycles. The molecule has 24 heavy (non-hydrogen) atoms. The van der Waals surface area contributed by atoms with Crippen molar-refractivity contribution < 1.29 is 0 Å². The second-order valence-electron chi connectivity index (χ2n) is 6.21. The highest BCUT2D eigenvalue weighted by atomic mass is 32.2. The lowest BCUT2D eigenvalue weighted by molar-refractivity contribution is 1.46. The molecule has 0 spiro atoms. The van der Waals surface area contributed by atoms with Gasteiger partial charge < -0.3 is 0 Å². The zero-order valence-corrected chi connectivity index (χ0v) is 14.2. The van der Waals surface area contributed by atoms with Gasteiger partial charge in [-0.1, -0.05) is 60.7 Å². The Kier molecular flexibility index (Phi) is 3.04. The summed E-state index contributed by atoms with van der Waals surface area (Å²) in [6.45, 7) is 0. The Bertz CT molecular complexity index is 1120. The Morgan fingerprint density at radius 1 is 0.583 bits per heavy atom. The van der Waals surface area contributed by atoms with Crippen LogP contribution < -0.4 is 0 Å². The molecule has 5 aromatic rings. The van der Waals surface area contributed by atoms with E-state index in [-0.39, 0.29) is 0 Å². The lowest BCUT2D eigenvalue weighted by Crippen LogP contribution is -1.87. The first-order valence-corrected chi connectivity index (χ1v) is 9.38. The summed E-state index contributed by atoms with van der Waals surface area (Å²) in [7, 11) is 0. The Labute approximate surface area is 145 Å². The summed E-state index contributed by atoms with van der Waals surface area (Å²) in [6, 6.07) is 28.9. The quantitative estimate of drug-likeness (QED) is 0.249. The first kappa shape index (κ1) is 13.9. The van der Waals surface area contributed by atoms with Gasteiger partial charge in [0.05, 0.1) is 0 Å². The number of thioether (sulfide) groups is 1. The highest BCUT2D eigenvalue weighted by molar-refractivity contribution is 7.98. The van der Waals surface area contributed by atoms with Crippen LogP contribution in [0, 0.1) is 0 Å². The third kappa shape index (κ3) is 1.95. The Morgan fingerprint density at radius 3 is 1.83 bits per heavy atom. The molecule has 0 aliphatic heterocycles. The maximum absolute atomic E-state index is 2.34. The average molecular weight is 324 g/mol. The van der Waals surface area contributed by atoms with Gasteiger partial charge in [-0.3, -0.25) is 0 Å². The van der Waals surface area contributed by atoms with Crippen LogP contribution in [-0.4, -0.2) is 6.26 Å². The van der Waals surface area contributed by atoms with Crippen molar-refractivity contribution in [2.24, 2.45) is 0 Å². The first-order valence-electron chi connectivity index (χ1n) is 8.16. The van der Waals surface area contributed by atoms with E-state index < -0.39 is 0 Å². The van der Waals surface area contributed by atoms with Gasteiger partial charge in [-0.15, -0.1) is 11.8 Å². The van der Waals surface area contributed by atoms with Gasteiger partial charge in [0.2, 0.25) is 0 Å². The molecule has 0 nitrogen and oxygen atoms in total. The van der Waals surface area contributed by atoms with E-state index in [1.54, 1.807) is 11.8 Å². The summed E-state index contributed by atoms with van der Waals surface area (Å²) in [6.07, 6.45) is 2.14. The third-order valence-corrected chi connectivity index (χ3v) is 5.68. The zero-order valence-electron chi connectivity index (χ0n) is 13.4. The minimum Gasteiger partial charge on any atom is -0.129 e. The van der Waals surface area contributed by atoms with Gasteiger partial charge in [-0.25, -0.2) is 0 Å². The molecule has 0 fully saturated rings. The van der Waals surface area contributed by atoms with Gasteiger partial charge in [0.15, 0.2) is 0 Å². The van der Waals surface area contributed by atoms with Crippen molar-refractivity contribution in [3.05, 3.63) is 78.9 Å². The Hall–Kier alpha value is -2.51. The van der Waals surface area contributed by atoms with E-state index in [4.69, 9.17) is 0 Å². The predicted octanol–water partition coefficient (Wildman–Crippen LogP) is 6.97. The molecular weight excluding hydrogens is 308 g/mol. The summed E-state index contributed by atoms with van der Waals surface area (Å²) in [5.74, 6) is 0. The summed E-state index contributed by atoms with van der Waals surface area (Å²) in [5, 5.41) is 8.06. The van der Waals surface area contributed by atoms with Gasteiger partial charge in [0.1, 0.15) is 0 Å². The second kappa shape index (κ2) is 5.25. The van der Waals surface area contributed by atoms with Crippen LogP contribution in [0.2, 0.25) is 0 Å². The molecule has 0 aromatic heterocycles. The smallest absolute Gasteiger partial charge is 0.0148 e. The maximum atomic E-state index is 2.34. The molecule has 5 aromatic carbocycles. The zero-order chi connectivity index (χ0) is 16.1. The highest BCUT2D eigenvalue weighted by Gasteiger charge is 2.11. The Balaban J connectivity index is 1.90. The van der Waals surface area contributed by atoms with Gasteiger partial charge in [-0.2, -0.15) is 0 Å². The topological polar surface area (TPSA) is 0 Å². The minimum atomic E-state index is 1.30. The van der Waals surface area contributed by atoms with Crippen LogP contribution in [0.5, 0.6) is 0 Å². The maximum Gasteiger partial charge on any atom is 0.0148 e. The summed E-state index contributed by atoms with van der Waals surface area (Å²) in [5.41, 5.74) is 2.61. The lowest BCUT2D eigenvalue weighted by atomic mass is 9.91. The minimum absolute atomic E-state index is 1.30. The fraction of sp³-hybridized carbons (Fsp3) is 0.0435. The number of rotatable bonds is 2. The van der Waals surface area contributed by atoms with Crippen LogP contribution in [0.4, 0.5) is 0 Å². The number of hydrogen-bond acceptors (Lipinski definition) is 1. The van der Waals surface area contributed by atoms with E-state index in [1.807, 2.05) is 0 Å². The fourth-order valence-corrected chi connectivity index (χ4v) is 4.41. The number of hydrogen-bond donors (Lipinski definition) is 0. The molecule has 5 rings (SSSR count). The van der Waals surface area contributed by atoms with Crippen molar-refractivity contribution in [1.29, 1.82) is 0 Å². The second-order valence-corrected chi connectivity index (χ2v) is 7.06. The van der Waals surface area contributed by atoms with E-state index in [2.05, 4.69) is 85.1 Å². The molecule has 0 radical (unpaired) electrons. The largest absolute Gasteiger partial charge is 0.129 e. The van der Waals surface area contributed by atoms with Crippen LogP contribution in [0.3, 0.4) is 0 Å². The fourth-order valence-electron chi connectivity index (χ4n) is 3.79. The van der Waals surface area contributed by atoms with Crippen molar-refractivity contribution in [2.75, 3.05) is 6.26 Å². The molecule has 0 N–H and O–H groups in total. The molecule has 0 saturated carbocycles. The lowest BCUT2D eigenvalue weighted by Gasteiger charge is -2.14. The molecule has 0 saturated heterocycles. The van der Waals surface area contributed by atoms with Gasteiger partial charge >= 0.3 is 0 Å². The SMILES string of the molecule is CSc1ccccc1-c1cc2ccc3cccc4ccc(c1)c2c34. The molecule has 0 amide bonds. The average Bonchev–Trinajstić information content (AvgIpc) is 2.66. The van der Waals surface area contributed by atoms with Crippen molar-refractivity contribution >= 4 is 44.1 Å². The monoisotopic (exact) mass is 324 g/mol. The molecule has 1 heteroatoms. The summed E-state index contributed by atoms with van der Waals surface area (Å²) in [4.78, 5) is 1.32. The summed E-state index contributed by atoms with van der Waals surface area (Å²) >= 11 is 1.81. The first-order chi connectivity index (χ1) is 11.8. The van der Waals surface area contributed by atoms with Crippen molar-refractivity contribution in [1.82, 2.24) is 0 Å². The van der Waals surface area contributed by atoms with Crippen molar-refractivity contribution in [3.63, 3.8) is 0 Å². The molecular formula is C23H16S. The van der Waals surface area contributed by atoms with Crippen LogP contribution in [0.25, 0.3) is 43.4 Å². The van der Waals surface area contributed by atoms with Gasteiger partial charge in [0.25, 0.3) is 0 Å². The van der Waals surface area contributed by atoms with Crippen LogP contribution in [0.1, 0.15) is 0 Å². The van der Waals surface area contributed by atoms with Crippen LogP contribution in [0.15, 0.2) is 83.8 Å². The van der Waals surface area contributed by atoms with E-state index >= 15 is 0 Å². The van der Waals surface area contributed by atoms with Gasteiger partial charge in [0, 0.05) is 4.90 Å². The summed E-state index contributed by atoms with van der Waals surface area (Å²) < 4.78 is 0. The number of benzene rings is 5. The molecule has 0 aliphatic rings. The van der Waals surface area contributed by atoms with E-state index in [9.17, 15) is 0 Å². The molecule has 0 atom stereocenters. The van der Waals surface area contributed by atoms with E-state index in [0.717, 1.165) is 0 Å². The highest BCUT2D eigenvalue weighted by Crippen LogP contribution is 2.38. The molecule has 114 valence electrons. The Morgan fingerprint density at radius 2 is 1.17 bits per heavy atom. The molecule has 0 bridgehead atoms. The molecule has 0 unspecified atom stereocenters. The van der Waals surface area contributed by atoms with Crippen molar-refractivity contribution in [3.8, 4) is 11.1 Å².